The van der Waals surface area contributed by atoms with Gasteiger partial charge in [0.25, 0.3) is 0 Å². The molecule has 2 N–H and O–H groups in total. The number of nitrogens with zero attached hydrogens (tertiary/aromatic N) is 2. The summed E-state index contributed by atoms with van der Waals surface area (Å²) < 4.78 is 12.4. The molecule has 15 heavy (non-hydrogen) atoms. The van der Waals surface area contributed by atoms with Crippen LogP contribution in [0.3, 0.4) is 0 Å². The highest BCUT2D eigenvalue weighted by molar-refractivity contribution is 5.21. The van der Waals surface area contributed by atoms with Crippen LogP contribution in [-0.2, 0) is 0 Å². The largest absolute Gasteiger partial charge is 0.396 e. The van der Waals surface area contributed by atoms with E-state index in [1.807, 2.05) is 0 Å². The van der Waals surface area contributed by atoms with Crippen LogP contribution in [0.25, 0.3) is 0 Å². The molecule has 0 aliphatic rings. The molecule has 0 fully saturated rings. The van der Waals surface area contributed by atoms with Crippen LogP contribution in [-0.4, -0.2) is 28.2 Å². The molecule has 1 rings (SSSR count). The van der Waals surface area contributed by atoms with E-state index < -0.39 is 5.82 Å². The number of nitrogens with one attached hydrogen (secondary N) is 1. The van der Waals surface area contributed by atoms with Gasteiger partial charge in [-0.3, -0.25) is 0 Å². The Hall–Kier alpha value is -1.23. The van der Waals surface area contributed by atoms with E-state index in [-0.39, 0.29) is 6.61 Å². The number of aliphatic hydroxyl groups is 1. The zero-order chi connectivity index (χ0) is 10.9. The van der Waals surface area contributed by atoms with Crippen LogP contribution >= 0.6 is 0 Å². The number of aromatic nitrogens is 2. The normalized spacial score (nSPS) is 10.3. The van der Waals surface area contributed by atoms with E-state index in [9.17, 15) is 4.39 Å². The van der Waals surface area contributed by atoms with Gasteiger partial charge in [-0.1, -0.05) is 12.8 Å². The molecule has 0 bridgehead atoms. The summed E-state index contributed by atoms with van der Waals surface area (Å²) in [5.41, 5.74) is 0. The van der Waals surface area contributed by atoms with Gasteiger partial charge in [0.2, 0.25) is 5.95 Å². The van der Waals surface area contributed by atoms with E-state index in [4.69, 9.17) is 5.11 Å². The van der Waals surface area contributed by atoms with E-state index >= 15 is 0 Å². The summed E-state index contributed by atoms with van der Waals surface area (Å²) in [6.45, 7) is 1.03. The molecule has 1 aromatic rings. The zero-order valence-electron chi connectivity index (χ0n) is 8.62. The van der Waals surface area contributed by atoms with E-state index in [0.29, 0.717) is 5.95 Å². The second-order valence-corrected chi connectivity index (χ2v) is 3.29. The quantitative estimate of drug-likeness (QED) is 0.675. The topological polar surface area (TPSA) is 58.0 Å². The van der Waals surface area contributed by atoms with Crippen LogP contribution in [0.1, 0.15) is 25.7 Å². The molecule has 0 saturated carbocycles. The van der Waals surface area contributed by atoms with Crippen LogP contribution in [0.15, 0.2) is 12.4 Å². The van der Waals surface area contributed by atoms with Crippen molar-refractivity contribution in [3.05, 3.63) is 18.2 Å². The fourth-order valence-electron chi connectivity index (χ4n) is 1.19. The van der Waals surface area contributed by atoms with Crippen molar-refractivity contribution in [3.63, 3.8) is 0 Å². The lowest BCUT2D eigenvalue weighted by Crippen LogP contribution is -2.05. The third-order valence-corrected chi connectivity index (χ3v) is 1.99. The van der Waals surface area contributed by atoms with E-state index in [2.05, 4.69) is 15.3 Å². The lowest BCUT2D eigenvalue weighted by Gasteiger charge is -2.03. The van der Waals surface area contributed by atoms with Crippen molar-refractivity contribution in [2.75, 3.05) is 18.5 Å². The van der Waals surface area contributed by atoms with Gasteiger partial charge in [-0.05, 0) is 12.8 Å². The zero-order valence-corrected chi connectivity index (χ0v) is 8.62. The summed E-state index contributed by atoms with van der Waals surface area (Å²) in [7, 11) is 0. The van der Waals surface area contributed by atoms with Crippen LogP contribution in [0, 0.1) is 5.82 Å². The van der Waals surface area contributed by atoms with Crippen molar-refractivity contribution >= 4 is 5.95 Å². The molecule has 1 aromatic heterocycles. The lowest BCUT2D eigenvalue weighted by atomic mass is 10.2. The third kappa shape index (κ3) is 5.27. The van der Waals surface area contributed by atoms with Gasteiger partial charge in [-0.25, -0.2) is 14.4 Å². The van der Waals surface area contributed by atoms with Crippen molar-refractivity contribution in [2.45, 2.75) is 25.7 Å². The molecule has 5 heteroatoms. The first-order valence-electron chi connectivity index (χ1n) is 5.15. The van der Waals surface area contributed by atoms with E-state index in [1.54, 1.807) is 0 Å². The molecular formula is C10H16FN3O. The minimum absolute atomic E-state index is 0.258. The predicted molar refractivity (Wildman–Crippen MR) is 56.0 cm³/mol. The average Bonchev–Trinajstić information content (AvgIpc) is 2.26. The second kappa shape index (κ2) is 7.11. The van der Waals surface area contributed by atoms with E-state index in [1.165, 1.54) is 0 Å². The van der Waals surface area contributed by atoms with Gasteiger partial charge in [0, 0.05) is 13.2 Å². The number of unbranched alkanes of at least 4 members (excludes halogenated alkanes) is 3. The molecule has 0 spiro atoms. The molecule has 0 radical (unpaired) electrons. The summed E-state index contributed by atoms with van der Waals surface area (Å²) in [6, 6.07) is 0. The Morgan fingerprint density at radius 1 is 1.13 bits per heavy atom. The van der Waals surface area contributed by atoms with Gasteiger partial charge < -0.3 is 10.4 Å². The Balaban J connectivity index is 2.07. The predicted octanol–water partition coefficient (Wildman–Crippen LogP) is 1.58. The summed E-state index contributed by atoms with van der Waals surface area (Å²) >= 11 is 0. The number of anilines is 1. The number of aliphatic hydroxyl groups excluding tert-OH is 1. The molecule has 0 aliphatic carbocycles. The second-order valence-electron chi connectivity index (χ2n) is 3.29. The average molecular weight is 213 g/mol. The summed E-state index contributed by atoms with van der Waals surface area (Å²) in [4.78, 5) is 7.55. The Labute approximate surface area is 88.6 Å². The molecule has 84 valence electrons. The molecule has 1 heterocycles. The van der Waals surface area contributed by atoms with Gasteiger partial charge in [0.05, 0.1) is 12.4 Å². The molecular weight excluding hydrogens is 197 g/mol. The first-order valence-corrected chi connectivity index (χ1v) is 5.15. The van der Waals surface area contributed by atoms with E-state index in [0.717, 1.165) is 44.6 Å². The Bertz CT molecular complexity index is 266. The third-order valence-electron chi connectivity index (χ3n) is 1.99. The minimum Gasteiger partial charge on any atom is -0.396 e. The summed E-state index contributed by atoms with van der Waals surface area (Å²) in [5, 5.41) is 11.6. The SMILES string of the molecule is OCCCCCCNc1ncc(F)cn1. The summed E-state index contributed by atoms with van der Waals surface area (Å²) in [6.07, 6.45) is 6.23. The maximum Gasteiger partial charge on any atom is 0.222 e. The molecule has 0 unspecified atom stereocenters. The molecule has 0 saturated heterocycles. The van der Waals surface area contributed by atoms with Crippen molar-refractivity contribution in [2.24, 2.45) is 0 Å². The van der Waals surface area contributed by atoms with Crippen LogP contribution in [0.4, 0.5) is 10.3 Å². The highest BCUT2D eigenvalue weighted by Crippen LogP contribution is 2.01. The van der Waals surface area contributed by atoms with Gasteiger partial charge in [0.1, 0.15) is 0 Å². The van der Waals surface area contributed by atoms with Gasteiger partial charge in [-0.15, -0.1) is 0 Å². The van der Waals surface area contributed by atoms with Gasteiger partial charge >= 0.3 is 0 Å². The number of hydrogen-bond acceptors (Lipinski definition) is 4. The number of hydrogen-bond donors (Lipinski definition) is 2. The molecule has 0 atom stereocenters. The van der Waals surface area contributed by atoms with Gasteiger partial charge in [0.15, 0.2) is 5.82 Å². The Kier molecular flexibility index (Phi) is 5.62. The fraction of sp³-hybridized carbons (Fsp3) is 0.600. The molecule has 0 aromatic carbocycles. The number of halogens is 1. The first-order chi connectivity index (χ1) is 7.33. The smallest absolute Gasteiger partial charge is 0.222 e. The lowest BCUT2D eigenvalue weighted by molar-refractivity contribution is 0.283. The van der Waals surface area contributed by atoms with Crippen LogP contribution in [0.5, 0.6) is 0 Å². The molecule has 0 amide bonds. The molecule has 4 nitrogen and oxygen atoms in total. The van der Waals surface area contributed by atoms with Crippen molar-refractivity contribution in [3.8, 4) is 0 Å². The van der Waals surface area contributed by atoms with Crippen molar-refractivity contribution in [1.29, 1.82) is 0 Å². The van der Waals surface area contributed by atoms with Crippen molar-refractivity contribution in [1.82, 2.24) is 9.97 Å². The minimum atomic E-state index is -0.427. The summed E-state index contributed by atoms with van der Waals surface area (Å²) in [5.74, 6) is 0.0297. The maximum absolute atomic E-state index is 12.4. The van der Waals surface area contributed by atoms with Crippen LogP contribution < -0.4 is 5.32 Å². The Morgan fingerprint density at radius 3 is 2.47 bits per heavy atom. The Morgan fingerprint density at radius 2 is 1.80 bits per heavy atom. The highest BCUT2D eigenvalue weighted by atomic mass is 19.1. The molecule has 0 aliphatic heterocycles. The maximum atomic E-state index is 12.4. The standard InChI is InChI=1S/C10H16FN3O/c11-9-7-13-10(14-8-9)12-5-3-1-2-4-6-15/h7-8,15H,1-6H2,(H,12,13,14). The first kappa shape index (κ1) is 11.8. The number of rotatable bonds is 7. The van der Waals surface area contributed by atoms with Gasteiger partial charge in [-0.2, -0.15) is 0 Å². The highest BCUT2D eigenvalue weighted by Gasteiger charge is 1.95. The van der Waals surface area contributed by atoms with Crippen LogP contribution in [0.2, 0.25) is 0 Å². The monoisotopic (exact) mass is 213 g/mol. The van der Waals surface area contributed by atoms with Crippen molar-refractivity contribution < 1.29 is 9.50 Å². The fourth-order valence-corrected chi connectivity index (χ4v) is 1.19.